The molecule has 9 nitrogen and oxygen atoms in total. The van der Waals surface area contributed by atoms with Crippen molar-refractivity contribution in [2.24, 2.45) is 58.2 Å². The number of fused-ring (bicyclic) bond motifs is 7. The van der Waals surface area contributed by atoms with Crippen molar-refractivity contribution in [2.45, 2.75) is 65.1 Å². The van der Waals surface area contributed by atoms with E-state index in [0.717, 1.165) is 24.0 Å². The van der Waals surface area contributed by atoms with Crippen LogP contribution in [-0.2, 0) is 33.4 Å². The van der Waals surface area contributed by atoms with E-state index in [1.165, 1.54) is 19.6 Å². The molecule has 0 aromatic carbocycles. The first-order valence-electron chi connectivity index (χ1n) is 15.3. The number of ether oxygens (including phenoxy) is 3. The fourth-order valence-electron chi connectivity index (χ4n) is 11.7. The molecule has 0 bridgehead atoms. The van der Waals surface area contributed by atoms with Crippen LogP contribution in [0.25, 0.3) is 0 Å². The Kier molecular flexibility index (Phi) is 5.13. The molecule has 1 aliphatic heterocycles. The zero-order chi connectivity index (χ0) is 29.8. The second-order valence-electron chi connectivity index (χ2n) is 14.6. The van der Waals surface area contributed by atoms with Crippen LogP contribution >= 0.6 is 0 Å². The Balaban J connectivity index is 1.40. The van der Waals surface area contributed by atoms with Gasteiger partial charge in [0.05, 0.1) is 31.8 Å². The molecule has 1 spiro atoms. The lowest BCUT2D eigenvalue weighted by atomic mass is 9.42. The highest BCUT2D eigenvalue weighted by Crippen LogP contribution is 2.82. The second kappa shape index (κ2) is 8.03. The molecule has 224 valence electrons. The quantitative estimate of drug-likeness (QED) is 0.223. The Hall–Kier alpha value is -2.78. The van der Waals surface area contributed by atoms with Gasteiger partial charge < -0.3 is 24.4 Å². The molecule has 5 fully saturated rings. The summed E-state index contributed by atoms with van der Waals surface area (Å²) in [5.74, 6) is -1.61. The zero-order valence-electron chi connectivity index (χ0n) is 24.7. The van der Waals surface area contributed by atoms with E-state index in [2.05, 4.69) is 6.92 Å². The average molecular weight is 579 g/mol. The molecule has 9 heteroatoms. The number of aliphatic hydroxyl groups is 2. The van der Waals surface area contributed by atoms with Crippen molar-refractivity contribution in [3.05, 3.63) is 33.4 Å². The molecular weight excluding hydrogens is 540 g/mol. The predicted molar refractivity (Wildman–Crippen MR) is 145 cm³/mol. The zero-order valence-corrected chi connectivity index (χ0v) is 24.7. The van der Waals surface area contributed by atoms with Crippen molar-refractivity contribution in [2.75, 3.05) is 20.3 Å². The van der Waals surface area contributed by atoms with Crippen molar-refractivity contribution >= 4 is 23.7 Å². The minimum absolute atomic E-state index is 0.105. The summed E-state index contributed by atoms with van der Waals surface area (Å²) in [6.07, 6.45) is 1.78. The standard InChI is InChI=1S/C33H38O9/c1-12(29(38)40-5)24-26-25-16(14-6-20(14)32(25,4)28(37)27(24)36)8-23-31(3)19-7-15(19)18(11-41-13(2)35)21(31)9-22-17(10-34)30(39)42-33(22,23)26/h14-15,18-21,23,26,28,34,37H,6-11H2,1-5H3/t14?,15?,18?,19?,20?,21?,23?,26?,28?,31-,32-,33-/m0/s1. The summed E-state index contributed by atoms with van der Waals surface area (Å²) in [5, 5.41) is 22.2. The van der Waals surface area contributed by atoms with E-state index in [0.29, 0.717) is 31.3 Å². The van der Waals surface area contributed by atoms with E-state index in [-0.39, 0.29) is 57.7 Å². The van der Waals surface area contributed by atoms with Crippen LogP contribution < -0.4 is 0 Å². The van der Waals surface area contributed by atoms with Gasteiger partial charge in [0.1, 0.15) is 11.7 Å². The van der Waals surface area contributed by atoms with Gasteiger partial charge in [-0.1, -0.05) is 19.4 Å². The number of Topliss-reactive ketones (excluding diaryl/α,β-unsaturated/α-hetero) is 1. The Morgan fingerprint density at radius 2 is 1.81 bits per heavy atom. The number of methoxy groups -OCH3 is 1. The van der Waals surface area contributed by atoms with E-state index >= 15 is 0 Å². The summed E-state index contributed by atoms with van der Waals surface area (Å²) < 4.78 is 17.3. The largest absolute Gasteiger partial charge is 0.466 e. The maximum atomic E-state index is 14.3. The molecule has 1 heterocycles. The van der Waals surface area contributed by atoms with Gasteiger partial charge in [0, 0.05) is 29.4 Å². The second-order valence-corrected chi connectivity index (χ2v) is 14.6. The van der Waals surface area contributed by atoms with E-state index < -0.39 is 47.4 Å². The van der Waals surface area contributed by atoms with Crippen LogP contribution in [0.4, 0.5) is 0 Å². The minimum atomic E-state index is -1.31. The molecule has 0 aromatic rings. The number of carbonyl (C=O) groups is 4. The smallest absolute Gasteiger partial charge is 0.337 e. The number of ketones is 1. The van der Waals surface area contributed by atoms with Crippen molar-refractivity contribution in [1.82, 2.24) is 0 Å². The molecule has 0 radical (unpaired) electrons. The number of esters is 3. The van der Waals surface area contributed by atoms with Gasteiger partial charge in [0.15, 0.2) is 5.78 Å². The van der Waals surface area contributed by atoms with Crippen LogP contribution in [0.5, 0.6) is 0 Å². The SMILES string of the molecule is COC(=O)C(C)=C1C(=O)C(O)[C@]2(C)C3=C(CC4[C@]5(OC(=O)C(CO)=C5CC5C(COC(C)=O)C6CC6[C@@]54C)C13)C1CC12. The Morgan fingerprint density at radius 1 is 1.07 bits per heavy atom. The normalized spacial score (nSPS) is 49.7. The van der Waals surface area contributed by atoms with Gasteiger partial charge in [-0.15, -0.1) is 0 Å². The summed E-state index contributed by atoms with van der Waals surface area (Å²) in [6.45, 7) is 7.09. The minimum Gasteiger partial charge on any atom is -0.466 e. The van der Waals surface area contributed by atoms with Gasteiger partial charge in [-0.3, -0.25) is 9.59 Å². The molecular formula is C33H38O9. The fraction of sp³-hybridized carbons (Fsp3) is 0.697. The van der Waals surface area contributed by atoms with Crippen LogP contribution in [0.2, 0.25) is 0 Å². The highest BCUT2D eigenvalue weighted by atomic mass is 16.6. The lowest BCUT2D eigenvalue weighted by molar-refractivity contribution is -0.179. The van der Waals surface area contributed by atoms with E-state index in [1.54, 1.807) is 6.92 Å². The third-order valence-corrected chi connectivity index (χ3v) is 13.5. The molecule has 42 heavy (non-hydrogen) atoms. The van der Waals surface area contributed by atoms with Crippen LogP contribution in [0.15, 0.2) is 33.4 Å². The molecule has 12 atom stereocenters. The highest BCUT2D eigenvalue weighted by molar-refractivity contribution is 6.09. The van der Waals surface area contributed by atoms with Crippen LogP contribution in [-0.4, -0.2) is 65.9 Å². The maximum Gasteiger partial charge on any atom is 0.337 e. The number of aliphatic hydroxyl groups excluding tert-OH is 2. The number of hydrogen-bond acceptors (Lipinski definition) is 9. The molecule has 0 aromatic heterocycles. The predicted octanol–water partition coefficient (Wildman–Crippen LogP) is 2.45. The van der Waals surface area contributed by atoms with Crippen LogP contribution in [0, 0.1) is 58.2 Å². The Morgan fingerprint density at radius 3 is 2.48 bits per heavy atom. The van der Waals surface area contributed by atoms with Gasteiger partial charge >= 0.3 is 17.9 Å². The van der Waals surface area contributed by atoms with Gasteiger partial charge in [0.25, 0.3) is 0 Å². The summed E-state index contributed by atoms with van der Waals surface area (Å²) >= 11 is 0. The first-order chi connectivity index (χ1) is 19.9. The first-order valence-corrected chi connectivity index (χ1v) is 15.3. The molecule has 0 saturated heterocycles. The van der Waals surface area contributed by atoms with Gasteiger partial charge in [-0.2, -0.15) is 0 Å². The van der Waals surface area contributed by atoms with Crippen molar-refractivity contribution in [3.63, 3.8) is 0 Å². The lowest BCUT2D eigenvalue weighted by Crippen LogP contribution is -2.66. The Labute approximate surface area is 244 Å². The van der Waals surface area contributed by atoms with Crippen LogP contribution in [0.1, 0.15) is 53.4 Å². The molecule has 5 saturated carbocycles. The molecule has 8 aliphatic rings. The van der Waals surface area contributed by atoms with Gasteiger partial charge in [-0.25, -0.2) is 9.59 Å². The van der Waals surface area contributed by atoms with E-state index in [4.69, 9.17) is 14.2 Å². The monoisotopic (exact) mass is 578 g/mol. The first kappa shape index (κ1) is 26.8. The molecule has 0 amide bonds. The molecule has 2 N–H and O–H groups in total. The molecule has 7 aliphatic carbocycles. The summed E-state index contributed by atoms with van der Waals surface area (Å²) in [5.41, 5.74) is 1.12. The third kappa shape index (κ3) is 2.75. The average Bonchev–Trinajstić information content (AvgIpc) is 3.86. The van der Waals surface area contributed by atoms with Gasteiger partial charge in [0.2, 0.25) is 0 Å². The van der Waals surface area contributed by atoms with Crippen molar-refractivity contribution in [1.29, 1.82) is 0 Å². The van der Waals surface area contributed by atoms with E-state index in [9.17, 15) is 29.4 Å². The number of allylic oxidation sites excluding steroid dienone is 1. The molecule has 8 rings (SSSR count). The van der Waals surface area contributed by atoms with Crippen molar-refractivity contribution < 1.29 is 43.6 Å². The molecule has 9 unspecified atom stereocenters. The van der Waals surface area contributed by atoms with Gasteiger partial charge in [-0.05, 0) is 84.7 Å². The number of hydrogen-bond donors (Lipinski definition) is 2. The topological polar surface area (TPSA) is 136 Å². The summed E-state index contributed by atoms with van der Waals surface area (Å²) in [4.78, 5) is 52.8. The van der Waals surface area contributed by atoms with Crippen molar-refractivity contribution in [3.8, 4) is 0 Å². The third-order valence-electron chi connectivity index (χ3n) is 13.5. The fourth-order valence-corrected chi connectivity index (χ4v) is 11.7. The lowest BCUT2D eigenvalue weighted by Gasteiger charge is -2.63. The maximum absolute atomic E-state index is 14.3. The summed E-state index contributed by atoms with van der Waals surface area (Å²) in [6, 6.07) is 0. The highest BCUT2D eigenvalue weighted by Gasteiger charge is 2.81. The Bertz CT molecular complexity index is 1500. The number of carbonyl (C=O) groups excluding carboxylic acids is 4. The number of rotatable bonds is 4. The van der Waals surface area contributed by atoms with Crippen LogP contribution in [0.3, 0.4) is 0 Å². The summed E-state index contributed by atoms with van der Waals surface area (Å²) in [7, 11) is 1.27. The van der Waals surface area contributed by atoms with E-state index in [1.807, 2.05) is 6.92 Å².